The lowest BCUT2D eigenvalue weighted by Crippen LogP contribution is -2.59. The van der Waals surface area contributed by atoms with Crippen molar-refractivity contribution in [2.24, 2.45) is 0 Å². The van der Waals surface area contributed by atoms with Crippen molar-refractivity contribution >= 4 is 17.3 Å². The molecule has 4 nitrogen and oxygen atoms in total. The van der Waals surface area contributed by atoms with Crippen molar-refractivity contribution in [2.75, 3.05) is 23.8 Å². The Kier molecular flexibility index (Phi) is 3.16. The Labute approximate surface area is 121 Å². The second-order valence-corrected chi connectivity index (χ2v) is 5.93. The van der Waals surface area contributed by atoms with Gasteiger partial charge in [0.15, 0.2) is 0 Å². The Morgan fingerprint density at radius 3 is 2.76 bits per heavy atom. The molecule has 1 fully saturated rings. The number of alkyl halides is 2. The molecular formula is C15H18F2N2O2. The Bertz CT molecular complexity index is 585. The SMILES string of the molecule is CN1CCc2ccc(NC(=O)C(F)(F)C3(O)CCC3)cc21. The van der Waals surface area contributed by atoms with Gasteiger partial charge in [-0.3, -0.25) is 4.79 Å². The molecule has 1 aliphatic carbocycles. The fourth-order valence-electron chi connectivity index (χ4n) is 2.86. The van der Waals surface area contributed by atoms with E-state index in [4.69, 9.17) is 0 Å². The molecule has 0 saturated heterocycles. The number of carbonyl (C=O) groups excluding carboxylic acids is 1. The van der Waals surface area contributed by atoms with E-state index in [9.17, 15) is 18.7 Å². The van der Waals surface area contributed by atoms with E-state index in [1.54, 1.807) is 12.1 Å². The van der Waals surface area contributed by atoms with Crippen molar-refractivity contribution in [3.63, 3.8) is 0 Å². The van der Waals surface area contributed by atoms with E-state index >= 15 is 0 Å². The largest absolute Gasteiger partial charge is 0.383 e. The summed E-state index contributed by atoms with van der Waals surface area (Å²) in [5, 5.41) is 12.0. The van der Waals surface area contributed by atoms with Crippen LogP contribution in [-0.2, 0) is 11.2 Å². The first kappa shape index (κ1) is 14.3. The molecule has 2 aliphatic rings. The molecule has 2 N–H and O–H groups in total. The molecule has 1 aromatic rings. The average Bonchev–Trinajstić information content (AvgIpc) is 2.77. The Morgan fingerprint density at radius 2 is 2.14 bits per heavy atom. The van der Waals surface area contributed by atoms with Crippen molar-refractivity contribution in [2.45, 2.75) is 37.2 Å². The van der Waals surface area contributed by atoms with Gasteiger partial charge in [-0.1, -0.05) is 6.07 Å². The third-order valence-corrected chi connectivity index (χ3v) is 4.52. The topological polar surface area (TPSA) is 52.6 Å². The van der Waals surface area contributed by atoms with Gasteiger partial charge in [-0.05, 0) is 43.4 Å². The molecule has 0 radical (unpaired) electrons. The standard InChI is InChI=1S/C15H18F2N2O2/c1-19-8-5-10-3-4-11(9-12(10)19)18-13(20)15(16,17)14(21)6-2-7-14/h3-4,9,21H,2,5-8H2,1H3,(H,18,20). The van der Waals surface area contributed by atoms with E-state index in [0.29, 0.717) is 12.1 Å². The normalized spacial score (nSPS) is 19.9. The molecule has 0 spiro atoms. The summed E-state index contributed by atoms with van der Waals surface area (Å²) in [6.07, 6.45) is 1.35. The van der Waals surface area contributed by atoms with E-state index in [0.717, 1.165) is 24.2 Å². The number of anilines is 2. The van der Waals surface area contributed by atoms with Crippen LogP contribution in [0.25, 0.3) is 0 Å². The molecule has 1 saturated carbocycles. The van der Waals surface area contributed by atoms with Gasteiger partial charge < -0.3 is 15.3 Å². The second-order valence-electron chi connectivity index (χ2n) is 5.93. The maximum atomic E-state index is 14.0. The first-order valence-electron chi connectivity index (χ1n) is 7.09. The van der Waals surface area contributed by atoms with E-state index in [1.165, 1.54) is 0 Å². The molecule has 114 valence electrons. The zero-order valence-corrected chi connectivity index (χ0v) is 11.8. The fourth-order valence-corrected chi connectivity index (χ4v) is 2.86. The minimum atomic E-state index is -3.77. The van der Waals surface area contributed by atoms with Crippen molar-refractivity contribution in [1.29, 1.82) is 0 Å². The molecule has 0 bridgehead atoms. The van der Waals surface area contributed by atoms with Crippen molar-refractivity contribution in [3.05, 3.63) is 23.8 Å². The van der Waals surface area contributed by atoms with Crippen LogP contribution in [0.3, 0.4) is 0 Å². The van der Waals surface area contributed by atoms with Gasteiger partial charge in [0.2, 0.25) is 0 Å². The molecule has 0 aromatic heterocycles. The van der Waals surface area contributed by atoms with Gasteiger partial charge in [0.1, 0.15) is 5.60 Å². The number of carbonyl (C=O) groups is 1. The van der Waals surface area contributed by atoms with E-state index < -0.39 is 17.4 Å². The molecule has 0 atom stereocenters. The monoisotopic (exact) mass is 296 g/mol. The van der Waals surface area contributed by atoms with Crippen LogP contribution in [0.15, 0.2) is 18.2 Å². The third-order valence-electron chi connectivity index (χ3n) is 4.52. The Morgan fingerprint density at radius 1 is 1.43 bits per heavy atom. The highest BCUT2D eigenvalue weighted by Gasteiger charge is 2.61. The fraction of sp³-hybridized carbons (Fsp3) is 0.533. The van der Waals surface area contributed by atoms with Crippen LogP contribution >= 0.6 is 0 Å². The number of nitrogens with one attached hydrogen (secondary N) is 1. The van der Waals surface area contributed by atoms with E-state index in [-0.39, 0.29) is 12.8 Å². The van der Waals surface area contributed by atoms with Gasteiger partial charge in [0.05, 0.1) is 0 Å². The number of benzene rings is 1. The van der Waals surface area contributed by atoms with Gasteiger partial charge >= 0.3 is 5.92 Å². The maximum Gasteiger partial charge on any atom is 0.352 e. The Balaban J connectivity index is 1.78. The minimum Gasteiger partial charge on any atom is -0.383 e. The van der Waals surface area contributed by atoms with Gasteiger partial charge in [0, 0.05) is 25.0 Å². The van der Waals surface area contributed by atoms with Crippen LogP contribution < -0.4 is 10.2 Å². The summed E-state index contributed by atoms with van der Waals surface area (Å²) in [7, 11) is 1.92. The summed E-state index contributed by atoms with van der Waals surface area (Å²) in [4.78, 5) is 13.8. The van der Waals surface area contributed by atoms with Crippen molar-refractivity contribution in [3.8, 4) is 0 Å². The summed E-state index contributed by atoms with van der Waals surface area (Å²) in [6.45, 7) is 0.878. The van der Waals surface area contributed by atoms with E-state index in [1.807, 2.05) is 18.0 Å². The number of amides is 1. The number of hydrogen-bond acceptors (Lipinski definition) is 3. The highest BCUT2D eigenvalue weighted by atomic mass is 19.3. The lowest BCUT2D eigenvalue weighted by molar-refractivity contribution is -0.212. The highest BCUT2D eigenvalue weighted by Crippen LogP contribution is 2.44. The minimum absolute atomic E-state index is 0.0413. The zero-order chi connectivity index (χ0) is 15.3. The highest BCUT2D eigenvalue weighted by molar-refractivity contribution is 5.97. The van der Waals surface area contributed by atoms with Crippen LogP contribution in [0.2, 0.25) is 0 Å². The summed E-state index contributed by atoms with van der Waals surface area (Å²) < 4.78 is 28.0. The average molecular weight is 296 g/mol. The van der Waals surface area contributed by atoms with Crippen LogP contribution in [0.4, 0.5) is 20.2 Å². The smallest absolute Gasteiger partial charge is 0.352 e. The number of aliphatic hydroxyl groups is 1. The van der Waals surface area contributed by atoms with Crippen LogP contribution in [-0.4, -0.2) is 36.1 Å². The van der Waals surface area contributed by atoms with Crippen LogP contribution in [0.5, 0.6) is 0 Å². The summed E-state index contributed by atoms with van der Waals surface area (Å²) in [5.74, 6) is -5.21. The molecule has 0 unspecified atom stereocenters. The Hall–Kier alpha value is -1.69. The summed E-state index contributed by atoms with van der Waals surface area (Å²) in [5.41, 5.74) is 0.221. The molecular weight excluding hydrogens is 278 g/mol. The summed E-state index contributed by atoms with van der Waals surface area (Å²) in [6, 6.07) is 5.16. The van der Waals surface area contributed by atoms with Gasteiger partial charge in [-0.25, -0.2) is 0 Å². The van der Waals surface area contributed by atoms with Crippen molar-refractivity contribution < 1.29 is 18.7 Å². The van der Waals surface area contributed by atoms with Crippen LogP contribution in [0.1, 0.15) is 24.8 Å². The molecule has 1 aliphatic heterocycles. The van der Waals surface area contributed by atoms with Gasteiger partial charge in [-0.15, -0.1) is 0 Å². The third kappa shape index (κ3) is 2.18. The lowest BCUT2D eigenvalue weighted by Gasteiger charge is -2.41. The number of hydrogen-bond donors (Lipinski definition) is 2. The van der Waals surface area contributed by atoms with Gasteiger partial charge in [-0.2, -0.15) is 8.78 Å². The number of likely N-dealkylation sites (N-methyl/N-ethyl adjacent to an activating group) is 1. The zero-order valence-electron chi connectivity index (χ0n) is 11.8. The molecule has 21 heavy (non-hydrogen) atoms. The van der Waals surface area contributed by atoms with E-state index in [2.05, 4.69) is 5.32 Å². The van der Waals surface area contributed by atoms with Crippen molar-refractivity contribution in [1.82, 2.24) is 0 Å². The number of halogens is 2. The first-order chi connectivity index (χ1) is 9.83. The predicted octanol–water partition coefficient (Wildman–Crippen LogP) is 2.17. The quantitative estimate of drug-likeness (QED) is 0.899. The first-order valence-corrected chi connectivity index (χ1v) is 7.09. The predicted molar refractivity (Wildman–Crippen MR) is 75.8 cm³/mol. The molecule has 6 heteroatoms. The lowest BCUT2D eigenvalue weighted by atomic mass is 9.75. The number of nitrogens with zero attached hydrogens (tertiary/aromatic N) is 1. The van der Waals surface area contributed by atoms with Gasteiger partial charge in [0.25, 0.3) is 5.91 Å². The van der Waals surface area contributed by atoms with Crippen LogP contribution in [0, 0.1) is 0 Å². The summed E-state index contributed by atoms with van der Waals surface area (Å²) >= 11 is 0. The molecule has 1 aromatic carbocycles. The molecule has 3 rings (SSSR count). The molecule has 1 heterocycles. The number of fused-ring (bicyclic) bond motifs is 1. The number of rotatable bonds is 3. The second kappa shape index (κ2) is 4.66. The maximum absolute atomic E-state index is 14.0. The molecule has 1 amide bonds.